The molecule has 0 unspecified atom stereocenters. The first-order valence-electron chi connectivity index (χ1n) is 11.8. The van der Waals surface area contributed by atoms with Crippen molar-refractivity contribution in [2.24, 2.45) is 0 Å². The summed E-state index contributed by atoms with van der Waals surface area (Å²) in [6, 6.07) is 8.90. The minimum absolute atomic E-state index is 0. The van der Waals surface area contributed by atoms with E-state index < -0.39 is 27.4 Å². The second-order valence-electron chi connectivity index (χ2n) is 9.94. The predicted molar refractivity (Wildman–Crippen MR) is 141 cm³/mol. The number of anilines is 1. The summed E-state index contributed by atoms with van der Waals surface area (Å²) < 4.78 is 77.0. The van der Waals surface area contributed by atoms with Crippen molar-refractivity contribution in [3.8, 4) is 11.5 Å². The number of nitrogens with zero attached hydrogens (tertiary/aromatic N) is 1. The van der Waals surface area contributed by atoms with Crippen LogP contribution in [0.15, 0.2) is 42.5 Å². The van der Waals surface area contributed by atoms with Gasteiger partial charge in [0.05, 0.1) is 24.1 Å². The van der Waals surface area contributed by atoms with Crippen LogP contribution >= 0.6 is 12.4 Å². The number of halogens is 4. The molecule has 0 saturated heterocycles. The summed E-state index contributed by atoms with van der Waals surface area (Å²) in [5.41, 5.74) is 1.85. The van der Waals surface area contributed by atoms with E-state index in [2.05, 4.69) is 9.62 Å². The van der Waals surface area contributed by atoms with Crippen molar-refractivity contribution >= 4 is 33.7 Å². The highest BCUT2D eigenvalue weighted by atomic mass is 35.5. The normalized spacial score (nSPS) is 17.3. The molecule has 0 radical (unpaired) electrons. The molecule has 0 atom stereocenters. The standard InChI is InChI=1S/C26H31F3N2O4S.ClH/c1-25(2)17-20-15-22(30-36(3,32)33)16-23(24(20)35-25)34-13-5-10-31-11-8-18(9-12-31)19-6-4-7-21(14-19)26(27,28)29;/h4,6-8,14-16,30H,5,9-13,17H2,1-3H3;1H. The number of fused-ring (bicyclic) bond motifs is 1. The molecule has 0 fully saturated rings. The smallest absolute Gasteiger partial charge is 0.416 e. The molecule has 0 aromatic heterocycles. The van der Waals surface area contributed by atoms with E-state index >= 15 is 0 Å². The molecule has 0 spiro atoms. The largest absolute Gasteiger partial charge is 0.490 e. The van der Waals surface area contributed by atoms with Gasteiger partial charge in [0.2, 0.25) is 10.0 Å². The molecule has 0 aliphatic carbocycles. The van der Waals surface area contributed by atoms with Crippen LogP contribution in [0.2, 0.25) is 0 Å². The Morgan fingerprint density at radius 1 is 1.19 bits per heavy atom. The third kappa shape index (κ3) is 7.78. The van der Waals surface area contributed by atoms with Crippen molar-refractivity contribution < 1.29 is 31.1 Å². The number of nitrogens with one attached hydrogen (secondary N) is 1. The van der Waals surface area contributed by atoms with Gasteiger partial charge in [-0.05, 0) is 56.0 Å². The molecular formula is C26H32ClF3N2O4S. The molecule has 2 aromatic carbocycles. The first-order valence-corrected chi connectivity index (χ1v) is 13.7. The van der Waals surface area contributed by atoms with Gasteiger partial charge in [0, 0.05) is 37.7 Å². The van der Waals surface area contributed by atoms with Gasteiger partial charge in [-0.3, -0.25) is 9.62 Å². The third-order valence-corrected chi connectivity index (χ3v) is 6.77. The van der Waals surface area contributed by atoms with Crippen LogP contribution in [0.3, 0.4) is 0 Å². The fourth-order valence-electron chi connectivity index (χ4n) is 4.60. The molecule has 4 rings (SSSR count). The van der Waals surface area contributed by atoms with Gasteiger partial charge in [0.1, 0.15) is 5.60 Å². The van der Waals surface area contributed by atoms with Crippen LogP contribution < -0.4 is 14.2 Å². The number of benzene rings is 2. The Kier molecular flexibility index (Phi) is 8.76. The molecule has 1 N–H and O–H groups in total. The second kappa shape index (κ2) is 11.1. The Morgan fingerprint density at radius 3 is 2.59 bits per heavy atom. The fraction of sp³-hybridized carbons (Fsp3) is 0.462. The maximum Gasteiger partial charge on any atom is 0.416 e. The number of sulfonamides is 1. The zero-order chi connectivity index (χ0) is 26.1. The molecule has 2 heterocycles. The van der Waals surface area contributed by atoms with Gasteiger partial charge in [0.15, 0.2) is 11.5 Å². The molecule has 2 aliphatic rings. The van der Waals surface area contributed by atoms with Crippen molar-refractivity contribution in [1.29, 1.82) is 0 Å². The minimum atomic E-state index is -4.35. The first kappa shape index (κ1) is 29.1. The topological polar surface area (TPSA) is 67.9 Å². The van der Waals surface area contributed by atoms with Gasteiger partial charge in [-0.1, -0.05) is 18.2 Å². The Hall–Kier alpha value is -2.43. The third-order valence-electron chi connectivity index (χ3n) is 6.16. The van der Waals surface area contributed by atoms with Crippen molar-refractivity contribution in [3.05, 3.63) is 59.2 Å². The molecule has 2 aliphatic heterocycles. The van der Waals surface area contributed by atoms with Gasteiger partial charge >= 0.3 is 6.18 Å². The van der Waals surface area contributed by atoms with E-state index in [1.165, 1.54) is 12.1 Å². The second-order valence-corrected chi connectivity index (χ2v) is 11.7. The number of hydrogen-bond donors (Lipinski definition) is 1. The Labute approximate surface area is 222 Å². The van der Waals surface area contributed by atoms with Gasteiger partial charge in [-0.2, -0.15) is 13.2 Å². The molecule has 0 bridgehead atoms. The quantitative estimate of drug-likeness (QED) is 0.415. The molecular weight excluding hydrogens is 529 g/mol. The molecule has 0 amide bonds. The molecule has 0 saturated carbocycles. The highest BCUT2D eigenvalue weighted by Crippen LogP contribution is 2.44. The SMILES string of the molecule is CC1(C)Cc2cc(NS(C)(=O)=O)cc(OCCCN3CC=C(c4cccc(C(F)(F)F)c4)CC3)c2O1.Cl. The van der Waals surface area contributed by atoms with E-state index in [0.29, 0.717) is 48.7 Å². The molecule has 11 heteroatoms. The van der Waals surface area contributed by atoms with E-state index in [4.69, 9.17) is 9.47 Å². The van der Waals surface area contributed by atoms with Crippen LogP contribution in [-0.4, -0.2) is 51.4 Å². The lowest BCUT2D eigenvalue weighted by Gasteiger charge is -2.26. The van der Waals surface area contributed by atoms with Gasteiger partial charge in [-0.15, -0.1) is 12.4 Å². The Morgan fingerprint density at radius 2 is 1.95 bits per heavy atom. The molecule has 204 valence electrons. The Bertz CT molecular complexity index is 1260. The van der Waals surface area contributed by atoms with Crippen LogP contribution in [0.4, 0.5) is 18.9 Å². The summed E-state index contributed by atoms with van der Waals surface area (Å²) in [6.07, 6.45) is 0.799. The maximum absolute atomic E-state index is 13.0. The van der Waals surface area contributed by atoms with Crippen LogP contribution in [-0.2, 0) is 22.6 Å². The van der Waals surface area contributed by atoms with Crippen LogP contribution in [0.1, 0.15) is 43.4 Å². The maximum atomic E-state index is 13.0. The summed E-state index contributed by atoms with van der Waals surface area (Å²) in [6.45, 7) is 6.53. The highest BCUT2D eigenvalue weighted by molar-refractivity contribution is 7.92. The van der Waals surface area contributed by atoms with E-state index in [1.54, 1.807) is 18.2 Å². The lowest BCUT2D eigenvalue weighted by molar-refractivity contribution is -0.137. The number of rotatable bonds is 8. The predicted octanol–water partition coefficient (Wildman–Crippen LogP) is 5.77. The summed E-state index contributed by atoms with van der Waals surface area (Å²) >= 11 is 0. The van der Waals surface area contributed by atoms with Crippen molar-refractivity contribution in [1.82, 2.24) is 4.90 Å². The van der Waals surface area contributed by atoms with E-state index in [-0.39, 0.29) is 12.4 Å². The number of alkyl halides is 3. The van der Waals surface area contributed by atoms with Crippen molar-refractivity contribution in [2.75, 3.05) is 37.2 Å². The molecule has 37 heavy (non-hydrogen) atoms. The van der Waals surface area contributed by atoms with Gasteiger partial charge in [-0.25, -0.2) is 8.42 Å². The highest BCUT2D eigenvalue weighted by Gasteiger charge is 2.33. The number of hydrogen-bond acceptors (Lipinski definition) is 5. The monoisotopic (exact) mass is 560 g/mol. The fourth-order valence-corrected chi connectivity index (χ4v) is 5.15. The van der Waals surface area contributed by atoms with Crippen molar-refractivity contribution in [3.63, 3.8) is 0 Å². The summed E-state index contributed by atoms with van der Waals surface area (Å²) in [4.78, 5) is 2.23. The van der Waals surface area contributed by atoms with E-state index in [9.17, 15) is 21.6 Å². The molecule has 6 nitrogen and oxygen atoms in total. The Balaban J connectivity index is 0.00000380. The lowest BCUT2D eigenvalue weighted by Crippen LogP contribution is -2.30. The minimum Gasteiger partial charge on any atom is -0.490 e. The van der Waals surface area contributed by atoms with Gasteiger partial charge in [0.25, 0.3) is 0 Å². The van der Waals surface area contributed by atoms with Crippen LogP contribution in [0, 0.1) is 0 Å². The summed E-state index contributed by atoms with van der Waals surface area (Å²) in [5.74, 6) is 1.15. The van der Waals surface area contributed by atoms with Crippen LogP contribution in [0.5, 0.6) is 11.5 Å². The van der Waals surface area contributed by atoms with Gasteiger partial charge < -0.3 is 9.47 Å². The van der Waals surface area contributed by atoms with E-state index in [1.807, 2.05) is 19.9 Å². The summed E-state index contributed by atoms with van der Waals surface area (Å²) in [5, 5.41) is 0. The van der Waals surface area contributed by atoms with E-state index in [0.717, 1.165) is 43.0 Å². The first-order chi connectivity index (χ1) is 16.8. The average molecular weight is 561 g/mol. The number of ether oxygens (including phenoxy) is 2. The van der Waals surface area contributed by atoms with Crippen molar-refractivity contribution in [2.45, 2.75) is 44.9 Å². The lowest BCUT2D eigenvalue weighted by atomic mass is 9.97. The molecule has 2 aromatic rings. The zero-order valence-corrected chi connectivity index (χ0v) is 22.7. The zero-order valence-electron chi connectivity index (χ0n) is 21.0. The average Bonchev–Trinajstić information content (AvgIpc) is 3.09. The van der Waals surface area contributed by atoms with Crippen LogP contribution in [0.25, 0.3) is 5.57 Å². The summed E-state index contributed by atoms with van der Waals surface area (Å²) in [7, 11) is -3.43.